The number of nitrogens with one attached hydrogen (secondary N) is 1. The highest BCUT2D eigenvalue weighted by atomic mass is 79.9. The van der Waals surface area contributed by atoms with Gasteiger partial charge in [-0.15, -0.1) is 0 Å². The minimum Gasteiger partial charge on any atom is -0.344 e. The molecule has 0 aliphatic rings. The van der Waals surface area contributed by atoms with E-state index in [0.29, 0.717) is 16.4 Å². The maximum Gasteiger partial charge on any atom is 0.270 e. The molecule has 16 heavy (non-hydrogen) atoms. The van der Waals surface area contributed by atoms with E-state index in [2.05, 4.69) is 42.3 Å². The van der Waals surface area contributed by atoms with Gasteiger partial charge in [-0.2, -0.15) is 5.10 Å². The third-order valence-corrected chi connectivity index (χ3v) is 4.72. The van der Waals surface area contributed by atoms with Crippen molar-refractivity contribution in [1.29, 1.82) is 0 Å². The molecule has 0 saturated carbocycles. The molecule has 4 nitrogen and oxygen atoms in total. The molecule has 0 aliphatic heterocycles. The van der Waals surface area contributed by atoms with Crippen LogP contribution in [0.3, 0.4) is 0 Å². The quantitative estimate of drug-likeness (QED) is 0.842. The van der Waals surface area contributed by atoms with Gasteiger partial charge in [0, 0.05) is 17.7 Å². The number of rotatable bonds is 4. The molecule has 0 atom stereocenters. The highest BCUT2D eigenvalue weighted by molar-refractivity contribution is 9.09. The van der Waals surface area contributed by atoms with E-state index in [9.17, 15) is 4.79 Å². The van der Waals surface area contributed by atoms with Gasteiger partial charge in [-0.3, -0.25) is 9.48 Å². The Morgan fingerprint density at radius 2 is 2.12 bits per heavy atom. The first-order chi connectivity index (χ1) is 7.41. The normalized spacial score (nSPS) is 11.6. The van der Waals surface area contributed by atoms with Gasteiger partial charge >= 0.3 is 0 Å². The highest BCUT2D eigenvalue weighted by Crippen LogP contribution is 2.13. The van der Waals surface area contributed by atoms with Gasteiger partial charge in [0.2, 0.25) is 0 Å². The molecule has 0 aromatic carbocycles. The van der Waals surface area contributed by atoms with Gasteiger partial charge in [-0.25, -0.2) is 0 Å². The number of hydrogen-bond acceptors (Lipinski definition) is 2. The minimum atomic E-state index is -0.296. The number of hydrogen-bond donors (Lipinski definition) is 1. The molecular weight excluding hydrogens is 338 g/mol. The zero-order valence-electron chi connectivity index (χ0n) is 9.55. The van der Waals surface area contributed by atoms with Crippen LogP contribution >= 0.6 is 31.9 Å². The largest absolute Gasteiger partial charge is 0.344 e. The van der Waals surface area contributed by atoms with Crippen molar-refractivity contribution in [3.8, 4) is 0 Å². The summed E-state index contributed by atoms with van der Waals surface area (Å²) in [5.74, 6) is -0.107. The molecule has 6 heteroatoms. The Labute approximate surface area is 112 Å². The second kappa shape index (κ2) is 5.31. The lowest BCUT2D eigenvalue weighted by molar-refractivity contribution is 0.0913. The topological polar surface area (TPSA) is 46.9 Å². The third kappa shape index (κ3) is 3.07. The van der Waals surface area contributed by atoms with E-state index < -0.39 is 0 Å². The summed E-state index contributed by atoms with van der Waals surface area (Å²) in [5.41, 5.74) is 1.12. The smallest absolute Gasteiger partial charge is 0.270 e. The molecule has 1 amide bonds. The molecule has 1 rings (SSSR count). The van der Waals surface area contributed by atoms with Crippen LogP contribution in [0, 0.1) is 6.92 Å². The number of alkyl halides is 2. The highest BCUT2D eigenvalue weighted by Gasteiger charge is 2.25. The van der Waals surface area contributed by atoms with Crippen LogP contribution in [0.1, 0.15) is 23.1 Å². The number of nitrogens with zero attached hydrogens (tertiary/aromatic N) is 2. The summed E-state index contributed by atoms with van der Waals surface area (Å²) in [6, 6.07) is 1.78. The molecule has 0 saturated heterocycles. The molecule has 0 aliphatic carbocycles. The van der Waals surface area contributed by atoms with Gasteiger partial charge in [0.15, 0.2) is 0 Å². The fraction of sp³-hybridized carbons (Fsp3) is 0.600. The lowest BCUT2D eigenvalue weighted by Gasteiger charge is -2.26. The Bertz CT molecular complexity index is 385. The number of aryl methyl sites for hydroxylation is 2. The predicted octanol–water partition coefficient (Wildman–Crippen LogP) is 2.01. The van der Waals surface area contributed by atoms with E-state index in [1.165, 1.54) is 0 Å². The Balaban J connectivity index is 2.84. The lowest BCUT2D eigenvalue weighted by Crippen LogP contribution is -2.49. The zero-order valence-corrected chi connectivity index (χ0v) is 12.7. The van der Waals surface area contributed by atoms with Gasteiger partial charge in [-0.1, -0.05) is 31.9 Å². The Morgan fingerprint density at radius 1 is 1.56 bits per heavy atom. The number of aromatic nitrogens is 2. The van der Waals surface area contributed by atoms with Crippen molar-refractivity contribution in [3.05, 3.63) is 17.5 Å². The predicted molar refractivity (Wildman–Crippen MR) is 71.4 cm³/mol. The summed E-state index contributed by atoms with van der Waals surface area (Å²) in [7, 11) is 1.77. The number of halogens is 2. The average molecular weight is 353 g/mol. The SMILES string of the molecule is Cc1cc(C(=O)NC(C)(CBr)CBr)n(C)n1. The minimum absolute atomic E-state index is 0.107. The Hall–Kier alpha value is -0.360. The van der Waals surface area contributed by atoms with Crippen molar-refractivity contribution in [1.82, 2.24) is 15.1 Å². The van der Waals surface area contributed by atoms with E-state index in [1.54, 1.807) is 17.8 Å². The summed E-state index contributed by atoms with van der Waals surface area (Å²) in [6.45, 7) is 3.84. The lowest BCUT2D eigenvalue weighted by atomic mass is 10.1. The van der Waals surface area contributed by atoms with E-state index in [4.69, 9.17) is 0 Å². The molecule has 90 valence electrons. The monoisotopic (exact) mass is 351 g/mol. The molecule has 1 heterocycles. The van der Waals surface area contributed by atoms with Gasteiger partial charge in [0.1, 0.15) is 5.69 Å². The zero-order chi connectivity index (χ0) is 12.3. The summed E-state index contributed by atoms with van der Waals surface area (Å²) in [5, 5.41) is 8.49. The molecular formula is C10H15Br2N3O. The maximum atomic E-state index is 12.0. The summed E-state index contributed by atoms with van der Waals surface area (Å²) in [6.07, 6.45) is 0. The van der Waals surface area contributed by atoms with Crippen molar-refractivity contribution in [2.75, 3.05) is 10.7 Å². The van der Waals surface area contributed by atoms with E-state index >= 15 is 0 Å². The summed E-state index contributed by atoms with van der Waals surface area (Å²) in [4.78, 5) is 12.0. The van der Waals surface area contributed by atoms with E-state index in [0.717, 1.165) is 5.69 Å². The van der Waals surface area contributed by atoms with Gasteiger partial charge in [-0.05, 0) is 19.9 Å². The molecule has 0 spiro atoms. The Kier molecular flexibility index (Phi) is 4.55. The van der Waals surface area contributed by atoms with Crippen molar-refractivity contribution in [2.45, 2.75) is 19.4 Å². The van der Waals surface area contributed by atoms with Crippen molar-refractivity contribution in [3.63, 3.8) is 0 Å². The summed E-state index contributed by atoms with van der Waals surface area (Å²) >= 11 is 6.78. The first-order valence-corrected chi connectivity index (χ1v) is 7.11. The van der Waals surface area contributed by atoms with Crippen LogP contribution < -0.4 is 5.32 Å². The van der Waals surface area contributed by atoms with Crippen molar-refractivity contribution in [2.24, 2.45) is 7.05 Å². The average Bonchev–Trinajstić information content (AvgIpc) is 2.57. The second-order valence-corrected chi connectivity index (χ2v) is 5.20. The standard InChI is InChI=1S/C10H15Br2N3O/c1-7-4-8(15(3)14-7)9(16)13-10(2,5-11)6-12/h4H,5-6H2,1-3H3,(H,13,16). The van der Waals surface area contributed by atoms with Gasteiger partial charge in [0.05, 0.1) is 11.2 Å². The molecule has 1 N–H and O–H groups in total. The first-order valence-electron chi connectivity index (χ1n) is 4.87. The molecule has 1 aromatic rings. The number of carbonyl (C=O) groups excluding carboxylic acids is 1. The van der Waals surface area contributed by atoms with Crippen molar-refractivity contribution >= 4 is 37.8 Å². The van der Waals surface area contributed by atoms with E-state index in [-0.39, 0.29) is 11.4 Å². The molecule has 0 fully saturated rings. The Morgan fingerprint density at radius 3 is 2.50 bits per heavy atom. The van der Waals surface area contributed by atoms with Crippen LogP contribution in [0.4, 0.5) is 0 Å². The van der Waals surface area contributed by atoms with Crippen LogP contribution in [-0.2, 0) is 7.05 Å². The van der Waals surface area contributed by atoms with Crippen molar-refractivity contribution < 1.29 is 4.79 Å². The van der Waals surface area contributed by atoms with Crippen LogP contribution in [0.15, 0.2) is 6.07 Å². The third-order valence-electron chi connectivity index (χ3n) is 2.24. The molecule has 1 aromatic heterocycles. The fourth-order valence-corrected chi connectivity index (χ4v) is 2.47. The van der Waals surface area contributed by atoms with Crippen LogP contribution in [-0.4, -0.2) is 31.9 Å². The molecule has 0 unspecified atom stereocenters. The fourth-order valence-electron chi connectivity index (χ4n) is 1.26. The molecule has 0 radical (unpaired) electrons. The second-order valence-electron chi connectivity index (χ2n) is 4.08. The van der Waals surface area contributed by atoms with Gasteiger partial charge in [0.25, 0.3) is 5.91 Å². The summed E-state index contributed by atoms with van der Waals surface area (Å²) < 4.78 is 1.59. The molecule has 0 bridgehead atoms. The number of amides is 1. The van der Waals surface area contributed by atoms with Crippen LogP contribution in [0.2, 0.25) is 0 Å². The van der Waals surface area contributed by atoms with Crippen LogP contribution in [0.25, 0.3) is 0 Å². The maximum absolute atomic E-state index is 12.0. The first kappa shape index (κ1) is 13.7. The van der Waals surface area contributed by atoms with Crippen LogP contribution in [0.5, 0.6) is 0 Å². The van der Waals surface area contributed by atoms with Gasteiger partial charge < -0.3 is 5.32 Å². The van der Waals surface area contributed by atoms with E-state index in [1.807, 2.05) is 13.8 Å². The number of carbonyl (C=O) groups is 1.